The predicted molar refractivity (Wildman–Crippen MR) is 277 cm³/mol. The van der Waals surface area contributed by atoms with Crippen molar-refractivity contribution in [3.05, 3.63) is 134 Å². The maximum Gasteiger partial charge on any atom is 0.306 e. The number of carboxylic acid groups (broad SMARTS) is 1. The number of likely N-dealkylation sites (N-methyl/N-ethyl adjacent to an activating group) is 1. The number of allylic oxidation sites excluding steroid dienone is 22. The molecule has 0 aromatic heterocycles. The largest absolute Gasteiger partial charge is 0.544 e. The molecule has 0 saturated carbocycles. The predicted octanol–water partition coefficient (Wildman–Crippen LogP) is 13.4. The van der Waals surface area contributed by atoms with Crippen molar-refractivity contribution in [2.75, 3.05) is 41.0 Å². The smallest absolute Gasteiger partial charge is 0.306 e. The number of nitrogens with zero attached hydrogens (tertiary/aromatic N) is 1. The zero-order valence-corrected chi connectivity index (χ0v) is 42.0. The Bertz CT molecular complexity index is 1530. The van der Waals surface area contributed by atoms with Crippen LogP contribution in [0.25, 0.3) is 0 Å². The molecule has 0 aromatic carbocycles. The van der Waals surface area contributed by atoms with Gasteiger partial charge >= 0.3 is 11.9 Å². The van der Waals surface area contributed by atoms with Crippen molar-refractivity contribution in [2.45, 2.75) is 174 Å². The molecule has 0 heterocycles. The molecule has 0 fully saturated rings. The second-order valence-electron chi connectivity index (χ2n) is 17.3. The Kier molecular flexibility index (Phi) is 43.8. The first-order valence-electron chi connectivity index (χ1n) is 25.2. The number of hydrogen-bond acceptors (Lipinski definition) is 7. The van der Waals surface area contributed by atoms with Crippen LogP contribution in [0.3, 0.4) is 0 Å². The van der Waals surface area contributed by atoms with E-state index in [9.17, 15) is 19.5 Å². The van der Waals surface area contributed by atoms with Crippen molar-refractivity contribution in [3.63, 3.8) is 0 Å². The summed E-state index contributed by atoms with van der Waals surface area (Å²) in [6.07, 6.45) is 67.7. The summed E-state index contributed by atoms with van der Waals surface area (Å²) in [4.78, 5) is 37.0. The highest BCUT2D eigenvalue weighted by Crippen LogP contribution is 2.12. The van der Waals surface area contributed by atoms with Crippen LogP contribution in [0.4, 0.5) is 0 Å². The zero-order valence-electron chi connectivity index (χ0n) is 42.0. The van der Waals surface area contributed by atoms with E-state index < -0.39 is 18.1 Å². The maximum absolute atomic E-state index is 12.8. The van der Waals surface area contributed by atoms with Gasteiger partial charge in [-0.25, -0.2) is 0 Å². The number of aliphatic carboxylic acids is 1. The van der Waals surface area contributed by atoms with Crippen molar-refractivity contribution in [2.24, 2.45) is 0 Å². The van der Waals surface area contributed by atoms with Gasteiger partial charge in [-0.15, -0.1) is 0 Å². The number of unbranched alkanes of at least 4 members (excludes halogenated alkanes) is 7. The summed E-state index contributed by atoms with van der Waals surface area (Å²) >= 11 is 0. The van der Waals surface area contributed by atoms with Gasteiger partial charge in [0.05, 0.1) is 40.3 Å². The molecule has 0 aliphatic rings. The Balaban J connectivity index is 4.41. The fraction of sp³-hybridized carbons (Fsp3) is 0.569. The lowest BCUT2D eigenvalue weighted by Crippen LogP contribution is -2.55. The van der Waals surface area contributed by atoms with E-state index >= 15 is 0 Å². The SMILES string of the molecule is CC/C=C/C/C=C/C/C=C/C/C=C/C/C=C/C/C=C/CCCCCCC(=O)OCC(COCCC(C(=O)[O-])[N+](C)(C)C)OC(=O)CCCCC/C=C/C/C=C/C/C=C/C/C=C/C/C=C/CC. The molecule has 2 atom stereocenters. The van der Waals surface area contributed by atoms with Crippen LogP contribution in [0.5, 0.6) is 0 Å². The van der Waals surface area contributed by atoms with Crippen LogP contribution in [-0.2, 0) is 28.6 Å². The van der Waals surface area contributed by atoms with Crippen LogP contribution in [0.1, 0.15) is 162 Å². The molecule has 370 valence electrons. The Morgan fingerprint density at radius 3 is 1.18 bits per heavy atom. The normalized spacial score (nSPS) is 14.0. The summed E-state index contributed by atoms with van der Waals surface area (Å²) in [5, 5.41) is 11.7. The Morgan fingerprint density at radius 1 is 0.455 bits per heavy atom. The van der Waals surface area contributed by atoms with Gasteiger partial charge < -0.3 is 28.6 Å². The van der Waals surface area contributed by atoms with Gasteiger partial charge in [-0.3, -0.25) is 9.59 Å². The summed E-state index contributed by atoms with van der Waals surface area (Å²) in [7, 11) is 5.38. The molecule has 8 heteroatoms. The molecule has 0 aliphatic carbocycles. The molecule has 0 spiro atoms. The summed E-state index contributed by atoms with van der Waals surface area (Å²) < 4.78 is 17.2. The number of hydrogen-bond donors (Lipinski definition) is 0. The van der Waals surface area contributed by atoms with Gasteiger partial charge in [0.25, 0.3) is 0 Å². The lowest BCUT2D eigenvalue weighted by atomic mass is 10.1. The van der Waals surface area contributed by atoms with Crippen LogP contribution in [0, 0.1) is 0 Å². The molecule has 2 unspecified atom stereocenters. The summed E-state index contributed by atoms with van der Waals surface area (Å²) in [6.45, 7) is 4.35. The molecule has 66 heavy (non-hydrogen) atoms. The third-order valence-corrected chi connectivity index (χ3v) is 10.3. The minimum Gasteiger partial charge on any atom is -0.544 e. The summed E-state index contributed by atoms with van der Waals surface area (Å²) in [6, 6.07) is -0.746. The molecule has 0 radical (unpaired) electrons. The molecule has 0 aromatic rings. The van der Waals surface area contributed by atoms with E-state index in [1.807, 2.05) is 0 Å². The number of ether oxygens (including phenoxy) is 3. The molecule has 0 bridgehead atoms. The highest BCUT2D eigenvalue weighted by atomic mass is 16.6. The molecule has 0 aliphatic heterocycles. The van der Waals surface area contributed by atoms with E-state index in [4.69, 9.17) is 14.2 Å². The highest BCUT2D eigenvalue weighted by Gasteiger charge is 2.25. The van der Waals surface area contributed by atoms with Crippen LogP contribution >= 0.6 is 0 Å². The van der Waals surface area contributed by atoms with Gasteiger partial charge in [0, 0.05) is 19.3 Å². The van der Waals surface area contributed by atoms with E-state index in [0.29, 0.717) is 12.8 Å². The minimum atomic E-state index is -1.14. The molecule has 0 rings (SSSR count). The molecule has 8 nitrogen and oxygen atoms in total. The topological polar surface area (TPSA) is 102 Å². The molecular formula is C58H91NO7. The quantitative estimate of drug-likeness (QED) is 0.0260. The monoisotopic (exact) mass is 914 g/mol. The van der Waals surface area contributed by atoms with E-state index in [2.05, 4.69) is 148 Å². The second kappa shape index (κ2) is 47.0. The first-order valence-corrected chi connectivity index (χ1v) is 25.2. The third kappa shape index (κ3) is 44.7. The van der Waals surface area contributed by atoms with E-state index in [1.54, 1.807) is 21.1 Å². The molecule has 0 saturated heterocycles. The first-order chi connectivity index (χ1) is 32.1. The fourth-order valence-corrected chi connectivity index (χ4v) is 6.45. The van der Waals surface area contributed by atoms with Gasteiger partial charge in [-0.05, 0) is 109 Å². The lowest BCUT2D eigenvalue weighted by Gasteiger charge is -2.34. The number of carboxylic acids is 1. The van der Waals surface area contributed by atoms with E-state index in [0.717, 1.165) is 122 Å². The van der Waals surface area contributed by atoms with Gasteiger partial charge in [-0.2, -0.15) is 0 Å². The maximum atomic E-state index is 12.8. The molecule has 0 N–H and O–H groups in total. The third-order valence-electron chi connectivity index (χ3n) is 10.3. The Morgan fingerprint density at radius 2 is 0.803 bits per heavy atom. The highest BCUT2D eigenvalue weighted by molar-refractivity contribution is 5.70. The van der Waals surface area contributed by atoms with Gasteiger partial charge in [0.15, 0.2) is 6.10 Å². The van der Waals surface area contributed by atoms with Gasteiger partial charge in [-0.1, -0.05) is 167 Å². The van der Waals surface area contributed by atoms with Crippen molar-refractivity contribution in [3.8, 4) is 0 Å². The van der Waals surface area contributed by atoms with E-state index in [1.165, 1.54) is 0 Å². The second-order valence-corrected chi connectivity index (χ2v) is 17.3. The van der Waals surface area contributed by atoms with E-state index in [-0.39, 0.29) is 49.1 Å². The average molecular weight is 914 g/mol. The van der Waals surface area contributed by atoms with Crippen molar-refractivity contribution >= 4 is 17.9 Å². The number of esters is 2. The first kappa shape index (κ1) is 61.5. The number of carbonyl (C=O) groups is 3. The van der Waals surface area contributed by atoms with Crippen molar-refractivity contribution < 1.29 is 38.2 Å². The zero-order chi connectivity index (χ0) is 48.4. The van der Waals surface area contributed by atoms with Crippen LogP contribution in [-0.4, -0.2) is 75.5 Å². The fourth-order valence-electron chi connectivity index (χ4n) is 6.45. The van der Waals surface area contributed by atoms with Crippen LogP contribution in [0.15, 0.2) is 134 Å². The van der Waals surface area contributed by atoms with Crippen LogP contribution in [0.2, 0.25) is 0 Å². The number of quaternary nitrogens is 1. The van der Waals surface area contributed by atoms with Gasteiger partial charge in [0.1, 0.15) is 12.6 Å². The standard InChI is InChI=1S/C58H91NO7/c1-6-8-10-12-14-16-18-20-22-24-26-27-28-29-31-32-34-36-38-40-42-44-46-48-56(60)65-53-54(52-64-51-50-55(58(62)63)59(3,4)5)66-57(61)49-47-45-43-41-39-37-35-33-30-25-23-21-19-17-15-13-11-9-7-2/h8-11,14-17,20-23,26-27,29-31,33-34,36-37,39,54-55H,6-7,12-13,18-19,24-25,28,32,35,38,40-53H2,1-5H3/b10-8+,11-9+,16-14+,17-15+,22-20+,23-21+,27-26+,31-29+,33-30+,36-34+,39-37+. The van der Waals surface area contributed by atoms with Gasteiger partial charge in [0.2, 0.25) is 0 Å². The summed E-state index contributed by atoms with van der Waals surface area (Å²) in [5.41, 5.74) is 0. The average Bonchev–Trinajstić information content (AvgIpc) is 3.28. The Labute approximate surface area is 403 Å². The lowest BCUT2D eigenvalue weighted by molar-refractivity contribution is -0.889. The van der Waals surface area contributed by atoms with Crippen molar-refractivity contribution in [1.29, 1.82) is 0 Å². The number of rotatable bonds is 43. The summed E-state index contributed by atoms with van der Waals surface area (Å²) in [5.74, 6) is -1.83. The number of carbonyl (C=O) groups excluding carboxylic acids is 3. The Hall–Kier alpha value is -4.53. The molecular weight excluding hydrogens is 823 g/mol. The van der Waals surface area contributed by atoms with Crippen molar-refractivity contribution in [1.82, 2.24) is 0 Å². The van der Waals surface area contributed by atoms with Crippen LogP contribution < -0.4 is 5.11 Å². The molecule has 0 amide bonds. The minimum absolute atomic E-state index is 0.00853.